The molecule has 2 rings (SSSR count). The van der Waals surface area contributed by atoms with Crippen LogP contribution in [-0.2, 0) is 13.7 Å². The molecule has 0 bridgehead atoms. The zero-order chi connectivity index (χ0) is 21.1. The Morgan fingerprint density at radius 2 is 1.07 bits per heavy atom. The topological polar surface area (TPSA) is 12.4 Å². The van der Waals surface area contributed by atoms with Gasteiger partial charge in [-0.15, -0.1) is 0 Å². The summed E-state index contributed by atoms with van der Waals surface area (Å²) < 4.78 is 4.45. The van der Waals surface area contributed by atoms with Crippen molar-refractivity contribution >= 4 is 33.3 Å². The van der Waals surface area contributed by atoms with E-state index < -0.39 is 13.7 Å². The van der Waals surface area contributed by atoms with Gasteiger partial charge in [0, 0.05) is 5.92 Å². The van der Waals surface area contributed by atoms with Gasteiger partial charge in [-0.1, -0.05) is 18.1 Å². The van der Waals surface area contributed by atoms with E-state index in [0.29, 0.717) is 11.8 Å². The van der Waals surface area contributed by atoms with Gasteiger partial charge in [0.15, 0.2) is 0 Å². The molecular formula is C22H32Cl3NTa. The summed E-state index contributed by atoms with van der Waals surface area (Å²) in [4.78, 5) is 0. The van der Waals surface area contributed by atoms with Gasteiger partial charge in [0.05, 0.1) is 0 Å². The number of hydrogen-bond donors (Lipinski definition) is 0. The second kappa shape index (κ2) is 10.2. The van der Waals surface area contributed by atoms with E-state index in [1.165, 1.54) is 39.3 Å². The van der Waals surface area contributed by atoms with Crippen molar-refractivity contribution in [1.82, 2.24) is 0 Å². The minimum absolute atomic E-state index is 0.381. The first kappa shape index (κ1) is 25.1. The number of benzene rings is 1. The zero-order valence-corrected chi connectivity index (χ0v) is 23.4. The van der Waals surface area contributed by atoms with Crippen molar-refractivity contribution < 1.29 is 13.7 Å². The van der Waals surface area contributed by atoms with Crippen molar-refractivity contribution in [3.05, 3.63) is 57.5 Å². The Balaban J connectivity index is 0.000000309. The van der Waals surface area contributed by atoms with Crippen LogP contribution in [0.2, 0.25) is 0 Å². The largest absolute Gasteiger partial charge is 0.0589 e. The van der Waals surface area contributed by atoms with Crippen LogP contribution < -0.4 is 0 Å². The maximum Gasteiger partial charge on any atom is 0.0226 e. The van der Waals surface area contributed by atoms with Crippen LogP contribution in [-0.4, -0.2) is 0 Å². The fraction of sp³-hybridized carbons (Fsp3) is 0.500. The van der Waals surface area contributed by atoms with Crippen molar-refractivity contribution in [3.8, 4) is 0 Å². The number of hydrogen-bond acceptors (Lipinski definition) is 1. The molecule has 1 radical (unpaired) electrons. The normalized spacial score (nSPS) is 15.6. The second-order valence-electron chi connectivity index (χ2n) is 7.74. The Bertz CT molecular complexity index is 739. The van der Waals surface area contributed by atoms with Crippen LogP contribution in [0.5, 0.6) is 0 Å². The van der Waals surface area contributed by atoms with E-state index in [2.05, 4.69) is 83.9 Å². The number of rotatable bonds is 3. The SMILES string of the molecule is CC(C)c1cccc(C(C)C)c1[N]=[Ta]([Cl])([Cl])[Cl].C[C]1C(C)=C(C)C(C)=C1C. The molecule has 1 nitrogen and oxygen atoms in total. The molecule has 0 N–H and O–H groups in total. The molecule has 0 heterocycles. The monoisotopic (exact) mass is 596 g/mol. The maximum absolute atomic E-state index is 6.00. The van der Waals surface area contributed by atoms with Gasteiger partial charge in [0.2, 0.25) is 0 Å². The van der Waals surface area contributed by atoms with E-state index in [-0.39, 0.29) is 0 Å². The maximum atomic E-state index is 6.00. The Morgan fingerprint density at radius 3 is 1.30 bits per heavy atom. The molecule has 27 heavy (non-hydrogen) atoms. The molecule has 0 spiro atoms. The average Bonchev–Trinajstić information content (AvgIpc) is 2.71. The standard InChI is InChI=1S/C12H17N.C10H15.3ClH.Ta/c1-8(2)10-6-5-7-11(9(3)4)12(10)13;1-6-7(2)9(4)10(5)8(6)3;;;;/h5-9H,1-4H3;1-5H3;3*1H;/q;;;;;+3/p-3. The Kier molecular flexibility index (Phi) is 9.53. The summed E-state index contributed by atoms with van der Waals surface area (Å²) in [5, 5.41) is 0. The Labute approximate surface area is 181 Å². The fourth-order valence-electron chi connectivity index (χ4n) is 3.15. The Hall–Kier alpha value is 0.110. The molecule has 0 fully saturated rings. The number of nitrogens with zero attached hydrogens (tertiary/aromatic N) is 1. The van der Waals surface area contributed by atoms with Gasteiger partial charge in [-0.2, -0.15) is 0 Å². The van der Waals surface area contributed by atoms with Crippen molar-refractivity contribution in [2.45, 2.75) is 74.1 Å². The van der Waals surface area contributed by atoms with Crippen molar-refractivity contribution in [2.24, 2.45) is 3.34 Å². The predicted octanol–water partition coefficient (Wildman–Crippen LogP) is 9.63. The van der Waals surface area contributed by atoms with E-state index in [0.717, 1.165) is 5.69 Å². The molecule has 0 atom stereocenters. The van der Waals surface area contributed by atoms with E-state index >= 15 is 0 Å². The molecule has 151 valence electrons. The number of allylic oxidation sites excluding steroid dienone is 4. The van der Waals surface area contributed by atoms with Gasteiger partial charge in [0.1, 0.15) is 0 Å². The third kappa shape index (κ3) is 6.84. The van der Waals surface area contributed by atoms with Crippen LogP contribution in [0.3, 0.4) is 0 Å². The number of halogens is 3. The molecule has 0 aliphatic heterocycles. The molecular weight excluding hydrogens is 566 g/mol. The molecule has 0 amide bonds. The molecule has 1 aromatic carbocycles. The molecule has 1 aliphatic carbocycles. The summed E-state index contributed by atoms with van der Waals surface area (Å²) in [6, 6.07) is 6.19. The first-order valence-corrected chi connectivity index (χ1v) is 22.7. The first-order valence-electron chi connectivity index (χ1n) is 9.31. The van der Waals surface area contributed by atoms with Gasteiger partial charge >= 0.3 is 119 Å². The molecule has 5 heteroatoms. The summed E-state index contributed by atoms with van der Waals surface area (Å²) in [6.45, 7) is 19.5. The second-order valence-corrected chi connectivity index (χ2v) is 27.7. The molecule has 0 saturated heterocycles. The van der Waals surface area contributed by atoms with Gasteiger partial charge in [-0.3, -0.25) is 0 Å². The van der Waals surface area contributed by atoms with Crippen molar-refractivity contribution in [3.63, 3.8) is 0 Å². The van der Waals surface area contributed by atoms with Crippen LogP contribution in [0, 0.1) is 5.92 Å². The molecule has 0 saturated carbocycles. The average molecular weight is 598 g/mol. The summed E-state index contributed by atoms with van der Waals surface area (Å²) >= 11 is -3.79. The van der Waals surface area contributed by atoms with Crippen LogP contribution in [0.4, 0.5) is 5.69 Å². The summed E-state index contributed by atoms with van der Waals surface area (Å²) in [5.74, 6) is 2.23. The summed E-state index contributed by atoms with van der Waals surface area (Å²) in [7, 11) is 18.0. The predicted molar refractivity (Wildman–Crippen MR) is 120 cm³/mol. The smallest absolute Gasteiger partial charge is 0.0226 e. The van der Waals surface area contributed by atoms with E-state index in [4.69, 9.17) is 27.6 Å². The van der Waals surface area contributed by atoms with Crippen LogP contribution in [0.1, 0.15) is 85.3 Å². The van der Waals surface area contributed by atoms with Gasteiger partial charge < -0.3 is 0 Å². The van der Waals surface area contributed by atoms with Gasteiger partial charge in [-0.25, -0.2) is 0 Å². The third-order valence-corrected chi connectivity index (χ3v) is 8.76. The molecule has 0 aromatic heterocycles. The minimum Gasteiger partial charge on any atom is -0.0589 e. The minimum atomic E-state index is -3.79. The van der Waals surface area contributed by atoms with E-state index in [9.17, 15) is 0 Å². The van der Waals surface area contributed by atoms with Crippen LogP contribution in [0.15, 0.2) is 43.8 Å². The first-order chi connectivity index (χ1) is 12.3. The summed E-state index contributed by atoms with van der Waals surface area (Å²) in [5.41, 5.74) is 9.12. The fourth-order valence-corrected chi connectivity index (χ4v) is 6.65. The molecule has 1 aromatic rings. The van der Waals surface area contributed by atoms with Gasteiger partial charge in [-0.05, 0) is 38.8 Å². The summed E-state index contributed by atoms with van der Waals surface area (Å²) in [6.07, 6.45) is 0. The zero-order valence-electron chi connectivity index (χ0n) is 17.9. The van der Waals surface area contributed by atoms with Crippen molar-refractivity contribution in [1.29, 1.82) is 0 Å². The molecule has 1 aliphatic rings. The Morgan fingerprint density at radius 1 is 0.704 bits per heavy atom. The quantitative estimate of drug-likeness (QED) is 0.329. The van der Waals surface area contributed by atoms with Crippen LogP contribution >= 0.6 is 27.6 Å². The van der Waals surface area contributed by atoms with E-state index in [1.807, 2.05) is 0 Å². The van der Waals surface area contributed by atoms with Gasteiger partial charge in [0.25, 0.3) is 0 Å². The van der Waals surface area contributed by atoms with Crippen LogP contribution in [0.25, 0.3) is 0 Å². The van der Waals surface area contributed by atoms with E-state index in [1.54, 1.807) is 0 Å². The third-order valence-electron chi connectivity index (χ3n) is 5.37. The van der Waals surface area contributed by atoms with Crippen molar-refractivity contribution in [2.75, 3.05) is 0 Å². The molecule has 0 unspecified atom stereocenters.